The summed E-state index contributed by atoms with van der Waals surface area (Å²) in [6, 6.07) is 0. The Kier molecular flexibility index (Phi) is 31.9. The van der Waals surface area contributed by atoms with E-state index >= 15 is 0 Å². The molecule has 0 N–H and O–H groups in total. The molecule has 2 atom stereocenters. The fraction of sp³-hybridized carbons (Fsp3) is 0.921. The third-order valence-electron chi connectivity index (χ3n) is 8.32. The van der Waals surface area contributed by atoms with Crippen LogP contribution in [0.4, 0.5) is 0 Å². The van der Waals surface area contributed by atoms with Gasteiger partial charge in [0, 0.05) is 13.0 Å². The number of esters is 1. The van der Waals surface area contributed by atoms with Crippen molar-refractivity contribution in [3.63, 3.8) is 0 Å². The maximum absolute atomic E-state index is 12.6. The molecule has 0 spiro atoms. The van der Waals surface area contributed by atoms with Crippen molar-refractivity contribution in [2.45, 2.75) is 174 Å². The summed E-state index contributed by atoms with van der Waals surface area (Å²) in [7, 11) is 1.36. The largest absolute Gasteiger partial charge is 0.756 e. The lowest BCUT2D eigenvalue weighted by Gasteiger charge is -2.28. The van der Waals surface area contributed by atoms with Crippen molar-refractivity contribution in [1.82, 2.24) is 0 Å². The number of likely N-dealkylation sites (N-methyl/N-ethyl adjacent to an activating group) is 1. The third kappa shape index (κ3) is 36.3. The van der Waals surface area contributed by atoms with Crippen LogP contribution >= 0.6 is 7.82 Å². The Bertz CT molecular complexity index is 772. The molecule has 0 aromatic heterocycles. The number of rotatable bonds is 36. The van der Waals surface area contributed by atoms with Gasteiger partial charge in [-0.2, -0.15) is 0 Å². The fourth-order valence-corrected chi connectivity index (χ4v) is 5.97. The van der Waals surface area contributed by atoms with Gasteiger partial charge in [-0.3, -0.25) is 9.36 Å². The second-order valence-corrected chi connectivity index (χ2v) is 15.7. The van der Waals surface area contributed by atoms with Gasteiger partial charge in [-0.05, 0) is 38.5 Å². The van der Waals surface area contributed by atoms with E-state index in [0.29, 0.717) is 24.1 Å². The van der Waals surface area contributed by atoms with Gasteiger partial charge >= 0.3 is 5.97 Å². The Labute approximate surface area is 290 Å². The zero-order valence-electron chi connectivity index (χ0n) is 31.5. The summed E-state index contributed by atoms with van der Waals surface area (Å²) in [5, 5.41) is 0. The molecule has 0 aromatic carbocycles. The minimum atomic E-state index is -4.51. The monoisotopic (exact) mass is 690 g/mol. The number of hydrogen-bond donors (Lipinski definition) is 0. The Morgan fingerprint density at radius 3 is 1.62 bits per heavy atom. The zero-order valence-corrected chi connectivity index (χ0v) is 32.4. The van der Waals surface area contributed by atoms with Crippen molar-refractivity contribution >= 4 is 13.8 Å². The molecule has 0 aliphatic carbocycles. The Morgan fingerprint density at radius 1 is 0.638 bits per heavy atom. The van der Waals surface area contributed by atoms with Gasteiger partial charge in [0.1, 0.15) is 19.3 Å². The molecule has 0 rings (SSSR count). The van der Waals surface area contributed by atoms with Gasteiger partial charge in [0.15, 0.2) is 0 Å². The summed E-state index contributed by atoms with van der Waals surface area (Å²) in [6.45, 7) is 5.39. The van der Waals surface area contributed by atoms with Crippen molar-refractivity contribution in [2.24, 2.45) is 0 Å². The van der Waals surface area contributed by atoms with Crippen molar-refractivity contribution < 1.29 is 37.3 Å². The maximum atomic E-state index is 12.6. The molecule has 9 heteroatoms. The van der Waals surface area contributed by atoms with E-state index in [2.05, 4.69) is 26.0 Å². The molecule has 0 aromatic rings. The van der Waals surface area contributed by atoms with Crippen molar-refractivity contribution in [1.29, 1.82) is 0 Å². The second-order valence-electron chi connectivity index (χ2n) is 14.3. The number of phosphoric acid groups is 1. The highest BCUT2D eigenvalue weighted by Gasteiger charge is 2.20. The minimum Gasteiger partial charge on any atom is -0.756 e. The number of phosphoric ester groups is 1. The number of ether oxygens (including phenoxy) is 2. The molecule has 0 bridgehead atoms. The first-order valence-corrected chi connectivity index (χ1v) is 20.9. The molecule has 0 saturated carbocycles. The van der Waals surface area contributed by atoms with Crippen LogP contribution in [-0.4, -0.2) is 70.7 Å². The smallest absolute Gasteiger partial charge is 0.306 e. The van der Waals surface area contributed by atoms with Crippen LogP contribution < -0.4 is 4.89 Å². The molecule has 8 nitrogen and oxygen atoms in total. The van der Waals surface area contributed by atoms with Crippen LogP contribution in [0.5, 0.6) is 0 Å². The first kappa shape index (κ1) is 46.2. The highest BCUT2D eigenvalue weighted by atomic mass is 31.2. The van der Waals surface area contributed by atoms with E-state index in [9.17, 15) is 14.3 Å². The van der Waals surface area contributed by atoms with Gasteiger partial charge in [0.25, 0.3) is 7.82 Å². The lowest BCUT2D eigenvalue weighted by Crippen LogP contribution is -2.37. The number of carbonyl (C=O) groups excluding carboxylic acids is 1. The zero-order chi connectivity index (χ0) is 34.9. The van der Waals surface area contributed by atoms with E-state index in [0.717, 1.165) is 32.1 Å². The SMILES string of the molecule is CCCCCCCC/C=C\CCCCCCCCCC(=O)OC(COCCCCCCCCCC)COP(=O)([O-])OCC[N+](C)(C)C. The highest BCUT2D eigenvalue weighted by Crippen LogP contribution is 2.38. The predicted molar refractivity (Wildman–Crippen MR) is 194 cm³/mol. The molecule has 0 amide bonds. The van der Waals surface area contributed by atoms with Gasteiger partial charge in [0.05, 0.1) is 34.4 Å². The lowest BCUT2D eigenvalue weighted by molar-refractivity contribution is -0.870. The standard InChI is InChI=1S/C38H76NO7P/c1-6-8-10-12-14-16-17-18-19-20-21-22-23-24-25-27-29-31-38(40)46-37(35-43-33-30-28-26-15-13-11-9-7-2)36-45-47(41,42)44-34-32-39(3,4)5/h18-19,37H,6-17,20-36H2,1-5H3/b19-18-. The van der Waals surface area contributed by atoms with E-state index in [1.807, 2.05) is 21.1 Å². The Hall–Kier alpha value is -0.760. The number of quaternary nitrogens is 1. The topological polar surface area (TPSA) is 94.1 Å². The van der Waals surface area contributed by atoms with Crippen LogP contribution in [0.3, 0.4) is 0 Å². The van der Waals surface area contributed by atoms with Crippen molar-refractivity contribution in [3.05, 3.63) is 12.2 Å². The van der Waals surface area contributed by atoms with Crippen LogP contribution in [0.15, 0.2) is 12.2 Å². The predicted octanol–water partition coefficient (Wildman–Crippen LogP) is 10.1. The van der Waals surface area contributed by atoms with Gasteiger partial charge < -0.3 is 27.9 Å². The molecule has 0 aliphatic heterocycles. The number of unbranched alkanes of at least 4 members (excludes halogenated alkanes) is 20. The molecule has 2 unspecified atom stereocenters. The van der Waals surface area contributed by atoms with E-state index in [1.165, 1.54) is 116 Å². The molecule has 47 heavy (non-hydrogen) atoms. The van der Waals surface area contributed by atoms with E-state index in [-0.39, 0.29) is 25.8 Å². The van der Waals surface area contributed by atoms with Crippen LogP contribution in [0.1, 0.15) is 168 Å². The quantitative estimate of drug-likeness (QED) is 0.0212. The molecule has 0 fully saturated rings. The lowest BCUT2D eigenvalue weighted by atomic mass is 10.1. The van der Waals surface area contributed by atoms with Gasteiger partial charge in [-0.25, -0.2) is 0 Å². The van der Waals surface area contributed by atoms with Crippen molar-refractivity contribution in [2.75, 3.05) is 54.1 Å². The van der Waals surface area contributed by atoms with Gasteiger partial charge in [0.2, 0.25) is 0 Å². The Balaban J connectivity index is 4.21. The van der Waals surface area contributed by atoms with Gasteiger partial charge in [-0.1, -0.05) is 135 Å². The van der Waals surface area contributed by atoms with Crippen LogP contribution in [0.25, 0.3) is 0 Å². The summed E-state index contributed by atoms with van der Waals surface area (Å²) in [6.07, 6.45) is 32.2. The number of hydrogen-bond acceptors (Lipinski definition) is 7. The van der Waals surface area contributed by atoms with Crippen LogP contribution in [-0.2, 0) is 27.9 Å². The molecule has 0 saturated heterocycles. The van der Waals surface area contributed by atoms with E-state index < -0.39 is 13.9 Å². The summed E-state index contributed by atoms with van der Waals surface area (Å²) in [5.74, 6) is -0.339. The highest BCUT2D eigenvalue weighted by molar-refractivity contribution is 7.45. The summed E-state index contributed by atoms with van der Waals surface area (Å²) in [4.78, 5) is 24.9. The third-order valence-corrected chi connectivity index (χ3v) is 9.28. The summed E-state index contributed by atoms with van der Waals surface area (Å²) in [5.41, 5.74) is 0. The van der Waals surface area contributed by atoms with Gasteiger partial charge in [-0.15, -0.1) is 0 Å². The number of nitrogens with zero attached hydrogens (tertiary/aromatic N) is 1. The second kappa shape index (κ2) is 32.4. The average Bonchev–Trinajstić information content (AvgIpc) is 3.01. The number of carbonyl (C=O) groups is 1. The fourth-order valence-electron chi connectivity index (χ4n) is 5.25. The molecule has 280 valence electrons. The van der Waals surface area contributed by atoms with Crippen LogP contribution in [0, 0.1) is 0 Å². The normalized spacial score (nSPS) is 14.1. The number of allylic oxidation sites excluding steroid dienone is 2. The van der Waals surface area contributed by atoms with Crippen LogP contribution in [0.2, 0.25) is 0 Å². The molecule has 0 heterocycles. The molecular weight excluding hydrogens is 613 g/mol. The summed E-state index contributed by atoms with van der Waals surface area (Å²) >= 11 is 0. The van der Waals surface area contributed by atoms with E-state index in [4.69, 9.17) is 18.5 Å². The summed E-state index contributed by atoms with van der Waals surface area (Å²) < 4.78 is 34.3. The van der Waals surface area contributed by atoms with Crippen molar-refractivity contribution in [3.8, 4) is 0 Å². The first-order valence-electron chi connectivity index (χ1n) is 19.4. The molecule has 0 aliphatic rings. The maximum Gasteiger partial charge on any atom is 0.306 e. The average molecular weight is 690 g/mol. The first-order chi connectivity index (χ1) is 22.6. The minimum absolute atomic E-state index is 0.0278. The van der Waals surface area contributed by atoms with E-state index in [1.54, 1.807) is 0 Å². The Morgan fingerprint density at radius 2 is 1.11 bits per heavy atom. The molecular formula is C38H76NO7P. The molecule has 0 radical (unpaired) electrons.